The predicted molar refractivity (Wildman–Crippen MR) is 82.9 cm³/mol. The Kier molecular flexibility index (Phi) is 4.04. The van der Waals surface area contributed by atoms with E-state index >= 15 is 0 Å². The van der Waals surface area contributed by atoms with Crippen LogP contribution in [0.5, 0.6) is 0 Å². The van der Waals surface area contributed by atoms with Crippen molar-refractivity contribution >= 4 is 11.6 Å². The van der Waals surface area contributed by atoms with E-state index in [0.29, 0.717) is 12.1 Å². The van der Waals surface area contributed by atoms with E-state index in [2.05, 4.69) is 35.4 Å². The molecule has 0 amide bonds. The van der Waals surface area contributed by atoms with E-state index in [9.17, 15) is 0 Å². The van der Waals surface area contributed by atoms with Gasteiger partial charge in [-0.3, -0.25) is 4.98 Å². The van der Waals surface area contributed by atoms with Gasteiger partial charge >= 0.3 is 0 Å². The molecule has 0 saturated carbocycles. The van der Waals surface area contributed by atoms with E-state index in [1.54, 1.807) is 0 Å². The minimum Gasteiger partial charge on any atom is -0.302 e. The molecule has 0 aliphatic heterocycles. The molecule has 0 bridgehead atoms. The normalized spacial score (nSPS) is 18.8. The molecule has 1 aromatic heterocycles. The second-order valence-electron chi connectivity index (χ2n) is 5.32. The van der Waals surface area contributed by atoms with E-state index in [0.717, 1.165) is 24.3 Å². The van der Waals surface area contributed by atoms with Gasteiger partial charge in [-0.15, -0.1) is 0 Å². The SMILES string of the molecule is CCC(NC1CCc2cccnc21)c1ccc(Cl)cc1. The maximum Gasteiger partial charge on any atom is 0.0605 e. The van der Waals surface area contributed by atoms with Crippen molar-refractivity contribution in [3.05, 3.63) is 64.4 Å². The summed E-state index contributed by atoms with van der Waals surface area (Å²) in [5, 5.41) is 4.54. The average molecular weight is 287 g/mol. The van der Waals surface area contributed by atoms with Crippen LogP contribution in [0.1, 0.15) is 48.7 Å². The van der Waals surface area contributed by atoms with Gasteiger partial charge in [0.25, 0.3) is 0 Å². The highest BCUT2D eigenvalue weighted by Gasteiger charge is 2.25. The monoisotopic (exact) mass is 286 g/mol. The molecule has 3 heteroatoms. The van der Waals surface area contributed by atoms with Crippen LogP contribution in [0.4, 0.5) is 0 Å². The third-order valence-corrected chi connectivity index (χ3v) is 4.29. The summed E-state index contributed by atoms with van der Waals surface area (Å²) in [5.41, 5.74) is 3.90. The number of rotatable bonds is 4. The number of nitrogens with one attached hydrogen (secondary N) is 1. The highest BCUT2D eigenvalue weighted by Crippen LogP contribution is 2.32. The molecule has 20 heavy (non-hydrogen) atoms. The number of halogens is 1. The van der Waals surface area contributed by atoms with Gasteiger partial charge in [-0.1, -0.05) is 36.7 Å². The molecule has 104 valence electrons. The van der Waals surface area contributed by atoms with Crippen molar-refractivity contribution in [2.75, 3.05) is 0 Å². The minimum absolute atomic E-state index is 0.352. The fourth-order valence-corrected chi connectivity index (χ4v) is 3.09. The summed E-state index contributed by atoms with van der Waals surface area (Å²) in [6, 6.07) is 13.1. The number of aromatic nitrogens is 1. The standard InChI is InChI=1S/C17H19ClN2/c1-2-15(12-5-8-14(18)9-6-12)20-16-10-7-13-4-3-11-19-17(13)16/h3-6,8-9,11,15-16,20H,2,7,10H2,1H3. The topological polar surface area (TPSA) is 24.9 Å². The maximum atomic E-state index is 5.97. The first-order chi connectivity index (χ1) is 9.78. The first kappa shape index (κ1) is 13.6. The molecule has 3 rings (SSSR count). The van der Waals surface area contributed by atoms with Crippen molar-refractivity contribution in [2.45, 2.75) is 38.3 Å². The molecule has 2 nitrogen and oxygen atoms in total. The molecule has 1 N–H and O–H groups in total. The van der Waals surface area contributed by atoms with Gasteiger partial charge < -0.3 is 5.32 Å². The number of aryl methyl sites for hydroxylation is 1. The minimum atomic E-state index is 0.352. The summed E-state index contributed by atoms with van der Waals surface area (Å²) in [6.45, 7) is 2.21. The van der Waals surface area contributed by atoms with E-state index in [1.807, 2.05) is 24.4 Å². The Morgan fingerprint density at radius 1 is 1.30 bits per heavy atom. The molecular formula is C17H19ClN2. The lowest BCUT2D eigenvalue weighted by Crippen LogP contribution is -2.25. The number of benzene rings is 1. The lowest BCUT2D eigenvalue weighted by Gasteiger charge is -2.22. The lowest BCUT2D eigenvalue weighted by molar-refractivity contribution is 0.428. The number of fused-ring (bicyclic) bond motifs is 1. The molecule has 1 aliphatic carbocycles. The van der Waals surface area contributed by atoms with Crippen molar-refractivity contribution in [3.8, 4) is 0 Å². The van der Waals surface area contributed by atoms with Crippen LogP contribution in [0.2, 0.25) is 5.02 Å². The molecule has 0 spiro atoms. The Morgan fingerprint density at radius 2 is 2.10 bits per heavy atom. The molecule has 2 atom stereocenters. The van der Waals surface area contributed by atoms with Crippen LogP contribution in [-0.2, 0) is 6.42 Å². The summed E-state index contributed by atoms with van der Waals surface area (Å²) in [4.78, 5) is 4.55. The second kappa shape index (κ2) is 5.94. The Balaban J connectivity index is 1.78. The zero-order chi connectivity index (χ0) is 13.9. The van der Waals surface area contributed by atoms with Crippen LogP contribution in [0.15, 0.2) is 42.6 Å². The molecular weight excluding hydrogens is 268 g/mol. The van der Waals surface area contributed by atoms with Crippen LogP contribution in [0, 0.1) is 0 Å². The fraction of sp³-hybridized carbons (Fsp3) is 0.353. The third-order valence-electron chi connectivity index (χ3n) is 4.04. The van der Waals surface area contributed by atoms with Crippen LogP contribution in [-0.4, -0.2) is 4.98 Å². The van der Waals surface area contributed by atoms with E-state index < -0.39 is 0 Å². The van der Waals surface area contributed by atoms with Gasteiger partial charge in [0.05, 0.1) is 11.7 Å². The van der Waals surface area contributed by atoms with Gasteiger partial charge in [-0.2, -0.15) is 0 Å². The molecule has 0 saturated heterocycles. The van der Waals surface area contributed by atoms with Crippen molar-refractivity contribution in [2.24, 2.45) is 0 Å². The summed E-state index contributed by atoms with van der Waals surface area (Å²) >= 11 is 5.97. The fourth-order valence-electron chi connectivity index (χ4n) is 2.96. The van der Waals surface area contributed by atoms with Gasteiger partial charge in [0.15, 0.2) is 0 Å². The molecule has 1 aromatic carbocycles. The number of hydrogen-bond acceptors (Lipinski definition) is 2. The Hall–Kier alpha value is -1.38. The van der Waals surface area contributed by atoms with Crippen LogP contribution in [0.3, 0.4) is 0 Å². The maximum absolute atomic E-state index is 5.97. The molecule has 2 aromatic rings. The molecule has 2 unspecified atom stereocenters. The zero-order valence-corrected chi connectivity index (χ0v) is 12.4. The summed E-state index contributed by atoms with van der Waals surface area (Å²) in [6.07, 6.45) is 5.21. The summed E-state index contributed by atoms with van der Waals surface area (Å²) in [5.74, 6) is 0. The Bertz CT molecular complexity index is 580. The third kappa shape index (κ3) is 2.72. The van der Waals surface area contributed by atoms with Crippen molar-refractivity contribution in [1.82, 2.24) is 10.3 Å². The molecule has 0 radical (unpaired) electrons. The van der Waals surface area contributed by atoms with Crippen LogP contribution < -0.4 is 5.32 Å². The van der Waals surface area contributed by atoms with Crippen molar-refractivity contribution in [3.63, 3.8) is 0 Å². The number of hydrogen-bond donors (Lipinski definition) is 1. The first-order valence-electron chi connectivity index (χ1n) is 7.23. The van der Waals surface area contributed by atoms with Crippen molar-refractivity contribution in [1.29, 1.82) is 0 Å². The second-order valence-corrected chi connectivity index (χ2v) is 5.75. The largest absolute Gasteiger partial charge is 0.302 e. The lowest BCUT2D eigenvalue weighted by atomic mass is 10.0. The highest BCUT2D eigenvalue weighted by atomic mass is 35.5. The Morgan fingerprint density at radius 3 is 2.85 bits per heavy atom. The number of nitrogens with zero attached hydrogens (tertiary/aromatic N) is 1. The first-order valence-corrected chi connectivity index (χ1v) is 7.61. The summed E-state index contributed by atoms with van der Waals surface area (Å²) < 4.78 is 0. The Labute approximate surface area is 125 Å². The summed E-state index contributed by atoms with van der Waals surface area (Å²) in [7, 11) is 0. The van der Waals surface area contributed by atoms with Crippen LogP contribution >= 0.6 is 11.6 Å². The van der Waals surface area contributed by atoms with Crippen molar-refractivity contribution < 1.29 is 0 Å². The van der Waals surface area contributed by atoms with Gasteiger partial charge in [0.2, 0.25) is 0 Å². The number of pyridine rings is 1. The van der Waals surface area contributed by atoms with Gasteiger partial charge in [0, 0.05) is 17.3 Å². The van der Waals surface area contributed by atoms with Crippen LogP contribution in [0.25, 0.3) is 0 Å². The van der Waals surface area contributed by atoms with E-state index in [4.69, 9.17) is 11.6 Å². The zero-order valence-electron chi connectivity index (χ0n) is 11.6. The van der Waals surface area contributed by atoms with Gasteiger partial charge in [-0.05, 0) is 48.6 Å². The quantitative estimate of drug-likeness (QED) is 0.897. The van der Waals surface area contributed by atoms with Gasteiger partial charge in [-0.25, -0.2) is 0 Å². The highest BCUT2D eigenvalue weighted by molar-refractivity contribution is 6.30. The smallest absolute Gasteiger partial charge is 0.0605 e. The molecule has 0 fully saturated rings. The average Bonchev–Trinajstić information content (AvgIpc) is 2.89. The van der Waals surface area contributed by atoms with E-state index in [-0.39, 0.29) is 0 Å². The van der Waals surface area contributed by atoms with Gasteiger partial charge in [0.1, 0.15) is 0 Å². The molecule has 1 heterocycles. The van der Waals surface area contributed by atoms with E-state index in [1.165, 1.54) is 16.8 Å². The molecule has 1 aliphatic rings. The predicted octanol–water partition coefficient (Wildman–Crippen LogP) is 4.46.